The van der Waals surface area contributed by atoms with Gasteiger partial charge in [0, 0.05) is 23.1 Å². The van der Waals surface area contributed by atoms with Crippen LogP contribution in [0.25, 0.3) is 11.0 Å². The highest BCUT2D eigenvalue weighted by Gasteiger charge is 2.30. The number of hydrogen-bond donors (Lipinski definition) is 0. The number of benzene rings is 1. The molecule has 1 aromatic heterocycles. The Bertz CT molecular complexity index is 992. The zero-order valence-corrected chi connectivity index (χ0v) is 15.1. The fourth-order valence-electron chi connectivity index (χ4n) is 4.15. The number of rotatable bonds is 4. The zero-order chi connectivity index (χ0) is 19.1. The zero-order valence-electron chi connectivity index (χ0n) is 15.1. The molecular formula is C20H20NO6-. The van der Waals surface area contributed by atoms with Crippen molar-refractivity contribution in [3.63, 3.8) is 0 Å². The van der Waals surface area contributed by atoms with Crippen molar-refractivity contribution in [2.24, 2.45) is 0 Å². The third-order valence-corrected chi connectivity index (χ3v) is 5.54. The number of likely N-dealkylation sites (tertiary alicyclic amines) is 1. The van der Waals surface area contributed by atoms with Crippen molar-refractivity contribution in [3.05, 3.63) is 39.2 Å². The maximum atomic E-state index is 12.4. The number of carbonyl (C=O) groups excluding carboxylic acids is 2. The Kier molecular flexibility index (Phi) is 4.37. The van der Waals surface area contributed by atoms with Crippen LogP contribution in [-0.2, 0) is 22.4 Å². The van der Waals surface area contributed by atoms with Gasteiger partial charge in [-0.25, -0.2) is 4.79 Å². The average molecular weight is 370 g/mol. The Labute approximate surface area is 155 Å². The third-order valence-electron chi connectivity index (χ3n) is 5.54. The number of ether oxygens (including phenoxy) is 1. The topological polar surface area (TPSA) is 99.9 Å². The van der Waals surface area contributed by atoms with Crippen molar-refractivity contribution in [1.29, 1.82) is 0 Å². The van der Waals surface area contributed by atoms with E-state index in [-0.39, 0.29) is 12.2 Å². The Morgan fingerprint density at radius 3 is 2.81 bits per heavy atom. The minimum atomic E-state index is -1.24. The Morgan fingerprint density at radius 1 is 1.26 bits per heavy atom. The summed E-state index contributed by atoms with van der Waals surface area (Å²) >= 11 is 0. The molecule has 1 atom stereocenters. The molecular weight excluding hydrogens is 350 g/mol. The summed E-state index contributed by atoms with van der Waals surface area (Å²) in [6.07, 6.45) is 3.58. The van der Waals surface area contributed by atoms with E-state index >= 15 is 0 Å². The van der Waals surface area contributed by atoms with E-state index in [9.17, 15) is 19.5 Å². The summed E-state index contributed by atoms with van der Waals surface area (Å²) in [4.78, 5) is 37.0. The van der Waals surface area contributed by atoms with Crippen molar-refractivity contribution in [2.45, 2.75) is 45.1 Å². The number of carboxylic acid groups (broad SMARTS) is 1. The van der Waals surface area contributed by atoms with Gasteiger partial charge in [0.2, 0.25) is 0 Å². The molecule has 2 aromatic rings. The van der Waals surface area contributed by atoms with Crippen molar-refractivity contribution in [1.82, 2.24) is 4.90 Å². The maximum absolute atomic E-state index is 12.4. The molecule has 0 unspecified atom stereocenters. The summed E-state index contributed by atoms with van der Waals surface area (Å²) in [6.45, 7) is 1.90. The molecule has 4 rings (SSSR count). The predicted octanol–water partition coefficient (Wildman–Crippen LogP) is 0.710. The summed E-state index contributed by atoms with van der Waals surface area (Å²) in [7, 11) is 0. The highest BCUT2D eigenvalue weighted by Crippen LogP contribution is 2.33. The van der Waals surface area contributed by atoms with Gasteiger partial charge in [-0.05, 0) is 56.7 Å². The molecule has 1 aromatic carbocycles. The lowest BCUT2D eigenvalue weighted by Crippen LogP contribution is -2.48. The first kappa shape index (κ1) is 17.6. The fraction of sp³-hybridized carbons (Fsp3) is 0.450. The van der Waals surface area contributed by atoms with Crippen LogP contribution in [0.2, 0.25) is 0 Å². The minimum Gasteiger partial charge on any atom is -0.548 e. The molecule has 27 heavy (non-hydrogen) atoms. The minimum absolute atomic E-state index is 0.273. The van der Waals surface area contributed by atoms with E-state index in [4.69, 9.17) is 9.15 Å². The number of fused-ring (bicyclic) bond motifs is 3. The quantitative estimate of drug-likeness (QED) is 0.735. The van der Waals surface area contributed by atoms with E-state index in [1.807, 2.05) is 6.07 Å². The summed E-state index contributed by atoms with van der Waals surface area (Å²) in [5.41, 5.74) is 2.64. The highest BCUT2D eigenvalue weighted by molar-refractivity contribution is 5.87. The van der Waals surface area contributed by atoms with Crippen molar-refractivity contribution in [2.75, 3.05) is 13.2 Å². The van der Waals surface area contributed by atoms with Crippen LogP contribution in [-0.4, -0.2) is 36.0 Å². The van der Waals surface area contributed by atoms with Crippen LogP contribution < -0.4 is 15.5 Å². The Morgan fingerprint density at radius 2 is 2.04 bits per heavy atom. The number of aliphatic carboxylic acids is 1. The van der Waals surface area contributed by atoms with Crippen LogP contribution in [0.1, 0.15) is 36.0 Å². The van der Waals surface area contributed by atoms with Crippen LogP contribution in [0.15, 0.2) is 21.3 Å². The molecule has 1 fully saturated rings. The van der Waals surface area contributed by atoms with Crippen molar-refractivity contribution in [3.8, 4) is 5.75 Å². The third kappa shape index (κ3) is 2.97. The van der Waals surface area contributed by atoms with Crippen molar-refractivity contribution < 1.29 is 23.8 Å². The van der Waals surface area contributed by atoms with Gasteiger partial charge in [0.15, 0.2) is 6.61 Å². The van der Waals surface area contributed by atoms with Crippen LogP contribution in [0.3, 0.4) is 0 Å². The molecule has 7 heteroatoms. The van der Waals surface area contributed by atoms with Crippen molar-refractivity contribution >= 4 is 22.8 Å². The largest absolute Gasteiger partial charge is 0.548 e. The maximum Gasteiger partial charge on any atom is 0.339 e. The van der Waals surface area contributed by atoms with Gasteiger partial charge in [-0.3, -0.25) is 4.79 Å². The van der Waals surface area contributed by atoms with Gasteiger partial charge in [0.1, 0.15) is 11.3 Å². The summed E-state index contributed by atoms with van der Waals surface area (Å²) in [5, 5.41) is 12.0. The lowest BCUT2D eigenvalue weighted by Gasteiger charge is -2.25. The molecule has 0 N–H and O–H groups in total. The van der Waals surface area contributed by atoms with Gasteiger partial charge < -0.3 is 24.0 Å². The first-order valence-corrected chi connectivity index (χ1v) is 9.18. The second-order valence-electron chi connectivity index (χ2n) is 7.12. The average Bonchev–Trinajstić information content (AvgIpc) is 3.31. The summed E-state index contributed by atoms with van der Waals surface area (Å²) in [5.74, 6) is -1.18. The lowest BCUT2D eigenvalue weighted by atomic mass is 10.0. The molecule has 142 valence electrons. The monoisotopic (exact) mass is 370 g/mol. The van der Waals surface area contributed by atoms with E-state index in [0.29, 0.717) is 36.3 Å². The summed E-state index contributed by atoms with van der Waals surface area (Å²) in [6, 6.07) is 2.73. The fourth-order valence-corrected chi connectivity index (χ4v) is 4.15. The molecule has 1 saturated heterocycles. The molecule has 2 heterocycles. The molecule has 0 spiro atoms. The van der Waals surface area contributed by atoms with E-state index in [2.05, 4.69) is 0 Å². The van der Waals surface area contributed by atoms with Crippen LogP contribution in [0, 0.1) is 6.92 Å². The molecule has 0 saturated carbocycles. The number of hydrogen-bond acceptors (Lipinski definition) is 6. The van der Waals surface area contributed by atoms with Crippen LogP contribution in [0.5, 0.6) is 5.75 Å². The predicted molar refractivity (Wildman–Crippen MR) is 94.5 cm³/mol. The van der Waals surface area contributed by atoms with Gasteiger partial charge in [-0.15, -0.1) is 0 Å². The first-order chi connectivity index (χ1) is 13.0. The summed E-state index contributed by atoms with van der Waals surface area (Å²) < 4.78 is 11.2. The van der Waals surface area contributed by atoms with Crippen LogP contribution in [0.4, 0.5) is 0 Å². The molecule has 1 amide bonds. The molecule has 1 aliphatic heterocycles. The van der Waals surface area contributed by atoms with E-state index in [1.54, 1.807) is 13.0 Å². The SMILES string of the molecule is Cc1c(OCC(=O)N2CCC[C@@H]2C(=O)[O-])ccc2c3c(c(=O)oc12)CCC3. The number of carbonyl (C=O) groups is 2. The number of carboxylic acids is 1. The normalized spacial score (nSPS) is 18.7. The van der Waals surface area contributed by atoms with Gasteiger partial charge in [-0.2, -0.15) is 0 Å². The van der Waals surface area contributed by atoms with Gasteiger partial charge >= 0.3 is 5.63 Å². The Balaban J connectivity index is 1.57. The van der Waals surface area contributed by atoms with E-state index in [0.717, 1.165) is 35.8 Å². The van der Waals surface area contributed by atoms with E-state index < -0.39 is 17.9 Å². The van der Waals surface area contributed by atoms with Crippen LogP contribution >= 0.6 is 0 Å². The van der Waals surface area contributed by atoms with Gasteiger partial charge in [-0.1, -0.05) is 0 Å². The molecule has 0 radical (unpaired) electrons. The van der Waals surface area contributed by atoms with Gasteiger partial charge in [0.05, 0.1) is 12.0 Å². The highest BCUT2D eigenvalue weighted by atomic mass is 16.5. The second kappa shape index (κ2) is 6.72. The number of amides is 1. The molecule has 1 aliphatic carbocycles. The van der Waals surface area contributed by atoms with E-state index in [1.165, 1.54) is 4.90 Å². The first-order valence-electron chi connectivity index (χ1n) is 9.18. The molecule has 7 nitrogen and oxygen atoms in total. The smallest absolute Gasteiger partial charge is 0.339 e. The number of nitrogens with zero attached hydrogens (tertiary/aromatic N) is 1. The number of aryl methyl sites for hydroxylation is 2. The molecule has 0 bridgehead atoms. The Hall–Kier alpha value is -2.83. The van der Waals surface area contributed by atoms with Gasteiger partial charge in [0.25, 0.3) is 5.91 Å². The second-order valence-corrected chi connectivity index (χ2v) is 7.12. The standard InChI is InChI=1S/C20H21NO6/c1-11-16(26-10-17(22)21-9-3-6-15(21)19(23)24)8-7-13-12-4-2-5-14(12)20(25)27-18(11)13/h7-8,15H,2-6,9-10H2,1H3,(H,23,24)/p-1/t15-/m1/s1. The lowest BCUT2D eigenvalue weighted by molar-refractivity contribution is -0.310. The molecule has 2 aliphatic rings.